The van der Waals surface area contributed by atoms with Gasteiger partial charge in [0.2, 0.25) is 5.91 Å². The van der Waals surface area contributed by atoms with Gasteiger partial charge in [-0.3, -0.25) is 14.4 Å². The average Bonchev–Trinajstić information content (AvgIpc) is 3.30. The fourth-order valence-corrected chi connectivity index (χ4v) is 9.52. The number of carbonyl (C=O) groups is 3. The van der Waals surface area contributed by atoms with Gasteiger partial charge in [0.25, 0.3) is 0 Å². The van der Waals surface area contributed by atoms with Gasteiger partial charge in [-0.1, -0.05) is 208 Å². The number of ether oxygens (including phenoxy) is 2. The van der Waals surface area contributed by atoms with Gasteiger partial charge in [0.05, 0.1) is 0 Å². The van der Waals surface area contributed by atoms with Crippen LogP contribution in [0, 0.1) is 0 Å². The van der Waals surface area contributed by atoms with Gasteiger partial charge < -0.3 is 19.7 Å². The molecule has 0 aromatic heterocycles. The van der Waals surface area contributed by atoms with Crippen LogP contribution in [0.5, 0.6) is 0 Å². The number of unbranched alkanes of at least 4 members (excludes halogenated alkanes) is 27. The zero-order chi connectivity index (χ0) is 47.7. The van der Waals surface area contributed by atoms with E-state index in [4.69, 9.17) is 9.47 Å². The van der Waals surface area contributed by atoms with E-state index in [1.165, 1.54) is 154 Å². The van der Waals surface area contributed by atoms with Gasteiger partial charge in [-0.2, -0.15) is 0 Å². The summed E-state index contributed by atoms with van der Waals surface area (Å²) in [7, 11) is 2.01. The predicted molar refractivity (Wildman–Crippen MR) is 281 cm³/mol. The molecule has 0 saturated carbocycles. The van der Waals surface area contributed by atoms with Crippen molar-refractivity contribution in [3.05, 3.63) is 0 Å². The molecule has 0 heterocycles. The molecule has 2 atom stereocenters. The molecule has 386 valence electrons. The quantitative estimate of drug-likeness (QED) is 0.0483. The molecule has 0 aromatic rings. The Labute approximate surface area is 406 Å². The van der Waals surface area contributed by atoms with Crippen LogP contribution in [0.4, 0.5) is 0 Å². The normalized spacial score (nSPS) is 12.5. The fraction of sp³-hybridized carbons (Fsp3) is 0.948. The molecule has 0 aliphatic rings. The maximum Gasteiger partial charge on any atom is 0.306 e. The van der Waals surface area contributed by atoms with Crippen LogP contribution in [0.15, 0.2) is 0 Å². The third-order valence-corrected chi connectivity index (χ3v) is 13.8. The second-order valence-corrected chi connectivity index (χ2v) is 20.2. The Morgan fingerprint density at radius 1 is 0.369 bits per heavy atom. The van der Waals surface area contributed by atoms with Crippen molar-refractivity contribution in [3.8, 4) is 0 Å². The van der Waals surface area contributed by atoms with Crippen molar-refractivity contribution in [1.82, 2.24) is 10.2 Å². The predicted octanol–water partition coefficient (Wildman–Crippen LogP) is 17.5. The monoisotopic (exact) mass is 919 g/mol. The number of amides is 1. The zero-order valence-electron chi connectivity index (χ0n) is 44.7. The van der Waals surface area contributed by atoms with Crippen LogP contribution >= 0.6 is 0 Å². The van der Waals surface area contributed by atoms with Crippen molar-refractivity contribution in [3.63, 3.8) is 0 Å². The van der Waals surface area contributed by atoms with Gasteiger partial charge in [-0.15, -0.1) is 0 Å². The molecule has 0 rings (SSSR count). The SMILES string of the molecule is CCCCCCCC(=O)N(CCCNC)C(CCCCCCCCC(=O)OC(CCCCCC)CCCCCC)CCCCCCCCC(=O)OC(CCCCCC)CCCCCCC. The van der Waals surface area contributed by atoms with Crippen LogP contribution in [0.25, 0.3) is 0 Å². The molecule has 0 spiro atoms. The lowest BCUT2D eigenvalue weighted by molar-refractivity contribution is -0.151. The first-order chi connectivity index (χ1) is 31.9. The van der Waals surface area contributed by atoms with E-state index in [1.807, 2.05) is 7.05 Å². The van der Waals surface area contributed by atoms with E-state index < -0.39 is 0 Å². The van der Waals surface area contributed by atoms with Crippen molar-refractivity contribution in [2.24, 2.45) is 0 Å². The molecule has 0 aliphatic heterocycles. The number of nitrogens with zero attached hydrogens (tertiary/aromatic N) is 1. The Morgan fingerprint density at radius 3 is 1.02 bits per heavy atom. The molecule has 7 heteroatoms. The molecule has 7 nitrogen and oxygen atoms in total. The minimum absolute atomic E-state index is 0.0116. The smallest absolute Gasteiger partial charge is 0.306 e. The molecule has 0 saturated heterocycles. The summed E-state index contributed by atoms with van der Waals surface area (Å²) in [6.45, 7) is 13.0. The Hall–Kier alpha value is -1.63. The van der Waals surface area contributed by atoms with Crippen molar-refractivity contribution in [1.29, 1.82) is 0 Å². The number of carbonyl (C=O) groups excluding carboxylic acids is 3. The van der Waals surface area contributed by atoms with Crippen molar-refractivity contribution < 1.29 is 23.9 Å². The summed E-state index contributed by atoms with van der Waals surface area (Å²) in [5.74, 6) is 0.392. The summed E-state index contributed by atoms with van der Waals surface area (Å²) >= 11 is 0. The van der Waals surface area contributed by atoms with Gasteiger partial charge >= 0.3 is 11.9 Å². The summed E-state index contributed by atoms with van der Waals surface area (Å²) in [4.78, 5) is 41.8. The molecular weight excluding hydrogens is 805 g/mol. The maximum absolute atomic E-state index is 13.8. The number of esters is 2. The highest BCUT2D eigenvalue weighted by Crippen LogP contribution is 2.23. The van der Waals surface area contributed by atoms with Crippen LogP contribution < -0.4 is 5.32 Å². The lowest BCUT2D eigenvalue weighted by Gasteiger charge is -2.33. The standard InChI is InChI=1S/C58H114N2O5/c1-7-12-17-26-37-47-55(46-36-21-16-11-5)65-58(63)50-40-31-25-23-29-33-43-53(60(52-41-51-59-6)56(61)48-38-27-18-13-8-2)42-32-28-22-24-30-39-49-57(62)64-54(44-34-19-14-9-3)45-35-20-15-10-4/h53-55,59H,7-52H2,1-6H3. The lowest BCUT2D eigenvalue weighted by atomic mass is 9.97. The molecule has 1 N–H and O–H groups in total. The number of hydrogen-bond donors (Lipinski definition) is 1. The van der Waals surface area contributed by atoms with Gasteiger partial charge in [-0.25, -0.2) is 0 Å². The van der Waals surface area contributed by atoms with Gasteiger partial charge in [0, 0.05) is 31.8 Å². The molecule has 65 heavy (non-hydrogen) atoms. The van der Waals surface area contributed by atoms with Gasteiger partial charge in [-0.05, 0) is 103 Å². The summed E-state index contributed by atoms with van der Waals surface area (Å²) in [5.41, 5.74) is 0. The largest absolute Gasteiger partial charge is 0.462 e. The third kappa shape index (κ3) is 42.2. The molecular formula is C58H114N2O5. The van der Waals surface area contributed by atoms with Gasteiger partial charge in [0.1, 0.15) is 12.2 Å². The van der Waals surface area contributed by atoms with E-state index >= 15 is 0 Å². The molecule has 0 aromatic carbocycles. The number of hydrogen-bond acceptors (Lipinski definition) is 6. The van der Waals surface area contributed by atoms with Gasteiger partial charge in [0.15, 0.2) is 0 Å². The first-order valence-corrected chi connectivity index (χ1v) is 29.2. The Kier molecular flexibility index (Phi) is 49.0. The second kappa shape index (κ2) is 50.3. The molecule has 2 unspecified atom stereocenters. The van der Waals surface area contributed by atoms with E-state index in [9.17, 15) is 14.4 Å². The van der Waals surface area contributed by atoms with Crippen LogP contribution in [0.1, 0.15) is 317 Å². The lowest BCUT2D eigenvalue weighted by Crippen LogP contribution is -2.41. The van der Waals surface area contributed by atoms with Crippen LogP contribution in [-0.2, 0) is 23.9 Å². The minimum Gasteiger partial charge on any atom is -0.462 e. The van der Waals surface area contributed by atoms with E-state index in [2.05, 4.69) is 44.8 Å². The molecule has 0 radical (unpaired) electrons. The van der Waals surface area contributed by atoms with Crippen molar-refractivity contribution >= 4 is 17.8 Å². The Morgan fingerprint density at radius 2 is 0.662 bits per heavy atom. The second-order valence-electron chi connectivity index (χ2n) is 20.2. The fourth-order valence-electron chi connectivity index (χ4n) is 9.52. The van der Waals surface area contributed by atoms with Crippen LogP contribution in [0.2, 0.25) is 0 Å². The topological polar surface area (TPSA) is 84.9 Å². The first-order valence-electron chi connectivity index (χ1n) is 29.2. The average molecular weight is 920 g/mol. The number of nitrogens with one attached hydrogen (secondary N) is 1. The van der Waals surface area contributed by atoms with Crippen molar-refractivity contribution in [2.45, 2.75) is 335 Å². The van der Waals surface area contributed by atoms with E-state index in [-0.39, 0.29) is 24.1 Å². The van der Waals surface area contributed by atoms with E-state index in [0.29, 0.717) is 31.2 Å². The van der Waals surface area contributed by atoms with E-state index in [0.717, 1.165) is 122 Å². The summed E-state index contributed by atoms with van der Waals surface area (Å²) in [6, 6.07) is 0.318. The summed E-state index contributed by atoms with van der Waals surface area (Å²) in [6.07, 6.45) is 49.6. The van der Waals surface area contributed by atoms with Crippen molar-refractivity contribution in [2.75, 3.05) is 20.1 Å². The minimum atomic E-state index is 0.0116. The highest BCUT2D eigenvalue weighted by atomic mass is 16.5. The van der Waals surface area contributed by atoms with E-state index in [1.54, 1.807) is 0 Å². The highest BCUT2D eigenvalue weighted by Gasteiger charge is 2.23. The first kappa shape index (κ1) is 63.4. The molecule has 1 amide bonds. The van der Waals surface area contributed by atoms with Crippen LogP contribution in [0.3, 0.4) is 0 Å². The molecule has 0 bridgehead atoms. The third-order valence-electron chi connectivity index (χ3n) is 13.8. The Balaban J connectivity index is 4.97. The highest BCUT2D eigenvalue weighted by molar-refractivity contribution is 5.76. The summed E-state index contributed by atoms with van der Waals surface area (Å²) < 4.78 is 12.1. The molecule has 0 aliphatic carbocycles. The number of rotatable bonds is 52. The maximum atomic E-state index is 13.8. The zero-order valence-corrected chi connectivity index (χ0v) is 44.7. The van der Waals surface area contributed by atoms with Crippen LogP contribution in [-0.4, -0.2) is 61.1 Å². The summed E-state index contributed by atoms with van der Waals surface area (Å²) in [5, 5.41) is 3.31. The Bertz CT molecular complexity index is 1010. The molecule has 0 fully saturated rings.